The fraction of sp³-hybridized carbons (Fsp3) is 0.561. The van der Waals surface area contributed by atoms with Crippen LogP contribution in [0.5, 0.6) is 17.4 Å². The summed E-state index contributed by atoms with van der Waals surface area (Å²) in [6, 6.07) is 4.49. The van der Waals surface area contributed by atoms with Gasteiger partial charge in [-0.1, -0.05) is 36.6 Å². The molecule has 5 atom stereocenters. The van der Waals surface area contributed by atoms with Gasteiger partial charge in [-0.25, -0.2) is 13.4 Å². The lowest BCUT2D eigenvalue weighted by atomic mass is 10.0. The highest BCUT2D eigenvalue weighted by Gasteiger charge is 2.63. The Labute approximate surface area is 348 Å². The van der Waals surface area contributed by atoms with Crippen molar-refractivity contribution >= 4 is 56.2 Å². The maximum atomic E-state index is 14.7. The Bertz CT molecular complexity index is 2280. The number of pyridine rings is 1. The molecule has 3 aromatic rings. The molecule has 1 saturated heterocycles. The van der Waals surface area contributed by atoms with Crippen molar-refractivity contribution in [1.82, 2.24) is 35.0 Å². The van der Waals surface area contributed by atoms with Gasteiger partial charge in [-0.15, -0.1) is 0 Å². The van der Waals surface area contributed by atoms with Crippen LogP contribution in [0, 0.1) is 5.92 Å². The third-order valence-electron chi connectivity index (χ3n) is 11.5. The van der Waals surface area contributed by atoms with Crippen LogP contribution in [-0.4, -0.2) is 99.4 Å². The van der Waals surface area contributed by atoms with E-state index in [1.54, 1.807) is 44.4 Å². The normalized spacial score (nSPS) is 25.6. The van der Waals surface area contributed by atoms with Gasteiger partial charge >= 0.3 is 0 Å². The molecule has 18 heteroatoms. The summed E-state index contributed by atoms with van der Waals surface area (Å²) < 4.78 is 47.5. The number of sulfonamides is 1. The molecular weight excluding hydrogens is 802 g/mol. The lowest BCUT2D eigenvalue weighted by molar-refractivity contribution is -0.141. The molecule has 3 N–H and O–H groups in total. The number of rotatable bonds is 11. The van der Waals surface area contributed by atoms with Gasteiger partial charge in [0.15, 0.2) is 0 Å². The molecule has 4 amide bonds. The molecule has 4 aliphatic rings. The first-order chi connectivity index (χ1) is 28.0. The highest BCUT2D eigenvalue weighted by molar-refractivity contribution is 7.91. The molecule has 1 aromatic carbocycles. The Hall–Kier alpha value is -4.90. The smallest absolute Gasteiger partial charge is 0.272 e. The van der Waals surface area contributed by atoms with E-state index in [2.05, 4.69) is 25.4 Å². The average molecular weight is 854 g/mol. The zero-order valence-electron chi connectivity index (χ0n) is 34.0. The Kier molecular flexibility index (Phi) is 11.9. The third-order valence-corrected chi connectivity index (χ3v) is 14.0. The summed E-state index contributed by atoms with van der Waals surface area (Å²) in [5.41, 5.74) is -1.04. The molecular formula is C41H52ClN7O9S. The molecule has 4 heterocycles. The number of hydrogen-bond acceptors (Lipinski definition) is 11. The van der Waals surface area contributed by atoms with E-state index in [-0.39, 0.29) is 42.1 Å². The third kappa shape index (κ3) is 8.86. The molecule has 318 valence electrons. The SMILES string of the molecule is CCOc1ccc2c(O[C@@H]3C[C@H]4C(=O)N[C@]5(C(=O)NS(=O)(=O)C6(C)CC6)C[C@H]5C=CCCCCC[C@H](NC(=O)c5ccn(C)n5)C(=O)N4C3)cc(OC(C)C)nc2c1Cl. The molecule has 2 aliphatic carbocycles. The topological polar surface area (TPSA) is 200 Å². The number of carbonyl (C=O) groups is 4. The summed E-state index contributed by atoms with van der Waals surface area (Å²) in [5.74, 6) is -1.95. The van der Waals surface area contributed by atoms with E-state index in [0.717, 1.165) is 12.8 Å². The van der Waals surface area contributed by atoms with Crippen LogP contribution < -0.4 is 29.6 Å². The predicted octanol–water partition coefficient (Wildman–Crippen LogP) is 4.35. The molecule has 7 rings (SSSR count). The van der Waals surface area contributed by atoms with Crippen LogP contribution in [0.4, 0.5) is 0 Å². The molecule has 59 heavy (non-hydrogen) atoms. The van der Waals surface area contributed by atoms with Gasteiger partial charge in [0, 0.05) is 37.0 Å². The van der Waals surface area contributed by atoms with Crippen molar-refractivity contribution in [2.24, 2.45) is 13.0 Å². The molecule has 3 fully saturated rings. The lowest BCUT2D eigenvalue weighted by Gasteiger charge is -2.30. The Morgan fingerprint density at radius 3 is 2.59 bits per heavy atom. The Morgan fingerprint density at radius 2 is 1.90 bits per heavy atom. The molecule has 0 unspecified atom stereocenters. The molecule has 2 aliphatic heterocycles. The van der Waals surface area contributed by atoms with Crippen molar-refractivity contribution in [2.45, 2.75) is 120 Å². The van der Waals surface area contributed by atoms with Crippen molar-refractivity contribution in [3.05, 3.63) is 53.3 Å². The minimum absolute atomic E-state index is 0.00199. The minimum Gasteiger partial charge on any atom is -0.492 e. The van der Waals surface area contributed by atoms with Crippen molar-refractivity contribution in [3.63, 3.8) is 0 Å². The first kappa shape index (κ1) is 42.2. The molecule has 16 nitrogen and oxygen atoms in total. The van der Waals surface area contributed by atoms with Crippen LogP contribution in [0.3, 0.4) is 0 Å². The van der Waals surface area contributed by atoms with E-state index >= 15 is 0 Å². The van der Waals surface area contributed by atoms with Gasteiger partial charge in [-0.2, -0.15) is 5.10 Å². The van der Waals surface area contributed by atoms with Crippen LogP contribution in [-0.2, 0) is 31.5 Å². The predicted molar refractivity (Wildman–Crippen MR) is 219 cm³/mol. The number of nitrogens with zero attached hydrogens (tertiary/aromatic N) is 4. The van der Waals surface area contributed by atoms with Crippen LogP contribution in [0.25, 0.3) is 10.9 Å². The van der Waals surface area contributed by atoms with Crippen LogP contribution in [0.15, 0.2) is 42.6 Å². The zero-order chi connectivity index (χ0) is 42.3. The lowest BCUT2D eigenvalue weighted by Crippen LogP contribution is -2.58. The number of fused-ring (bicyclic) bond motifs is 3. The fourth-order valence-electron chi connectivity index (χ4n) is 7.75. The van der Waals surface area contributed by atoms with Crippen LogP contribution >= 0.6 is 11.6 Å². The van der Waals surface area contributed by atoms with E-state index in [1.165, 1.54) is 9.58 Å². The number of amides is 4. The highest BCUT2D eigenvalue weighted by atomic mass is 35.5. The maximum absolute atomic E-state index is 14.7. The number of aryl methyl sites for hydroxylation is 1. The van der Waals surface area contributed by atoms with E-state index in [9.17, 15) is 27.6 Å². The number of carbonyl (C=O) groups excluding carboxylic acids is 4. The van der Waals surface area contributed by atoms with Gasteiger partial charge in [-0.05, 0) is 84.4 Å². The van der Waals surface area contributed by atoms with Gasteiger partial charge < -0.3 is 29.7 Å². The summed E-state index contributed by atoms with van der Waals surface area (Å²) in [5, 5.41) is 10.8. The maximum Gasteiger partial charge on any atom is 0.272 e. The van der Waals surface area contributed by atoms with Gasteiger partial charge in [-0.3, -0.25) is 28.6 Å². The number of aromatic nitrogens is 3. The first-order valence-electron chi connectivity index (χ1n) is 20.3. The number of halogens is 1. The first-order valence-corrected chi connectivity index (χ1v) is 22.2. The van der Waals surface area contributed by atoms with Crippen molar-refractivity contribution in [1.29, 1.82) is 0 Å². The van der Waals surface area contributed by atoms with Gasteiger partial charge in [0.2, 0.25) is 27.7 Å². The summed E-state index contributed by atoms with van der Waals surface area (Å²) in [7, 11) is -2.33. The fourth-order valence-corrected chi connectivity index (χ4v) is 9.32. The summed E-state index contributed by atoms with van der Waals surface area (Å²) in [6.07, 6.45) is 8.57. The Morgan fingerprint density at radius 1 is 1.12 bits per heavy atom. The number of allylic oxidation sites excluding steroid dienone is 1. The van der Waals surface area contributed by atoms with Crippen LogP contribution in [0.2, 0.25) is 5.02 Å². The van der Waals surface area contributed by atoms with E-state index in [0.29, 0.717) is 61.1 Å². The highest BCUT2D eigenvalue weighted by Crippen LogP contribution is 2.48. The second kappa shape index (κ2) is 16.6. The molecule has 0 bridgehead atoms. The van der Waals surface area contributed by atoms with Crippen molar-refractivity contribution in [3.8, 4) is 17.4 Å². The second-order valence-corrected chi connectivity index (χ2v) is 19.0. The Balaban J connectivity index is 1.23. The number of hydrogen-bond donors (Lipinski definition) is 3. The minimum atomic E-state index is -4.02. The van der Waals surface area contributed by atoms with Gasteiger partial charge in [0.05, 0.1) is 24.0 Å². The average Bonchev–Trinajstić information content (AvgIpc) is 3.98. The summed E-state index contributed by atoms with van der Waals surface area (Å²) >= 11 is 6.79. The van der Waals surface area contributed by atoms with E-state index in [1.807, 2.05) is 32.9 Å². The molecule has 2 saturated carbocycles. The number of benzene rings is 1. The largest absolute Gasteiger partial charge is 0.492 e. The quantitative estimate of drug-likeness (QED) is 0.232. The monoisotopic (exact) mass is 853 g/mol. The van der Waals surface area contributed by atoms with Gasteiger partial charge in [0.25, 0.3) is 11.8 Å². The van der Waals surface area contributed by atoms with Crippen molar-refractivity contribution in [2.75, 3.05) is 13.2 Å². The zero-order valence-corrected chi connectivity index (χ0v) is 35.5. The molecule has 0 radical (unpaired) electrons. The summed E-state index contributed by atoms with van der Waals surface area (Å²) in [4.78, 5) is 62.8. The number of ether oxygens (including phenoxy) is 3. The van der Waals surface area contributed by atoms with Gasteiger partial charge in [0.1, 0.15) is 51.5 Å². The summed E-state index contributed by atoms with van der Waals surface area (Å²) in [6.45, 7) is 7.46. The standard InChI is InChI=1S/C41H52ClN7O9S/c1-6-56-31-15-14-27-32(21-33(57-24(2)3)44-35(27)34(31)42)58-26-20-30-37(51)45-41(39(53)47-59(54,55)40(4)17-18-40)22-25(41)12-10-8-7-9-11-13-29(38(52)49(30)23-26)43-36(50)28-16-19-48(5)46-28/h10,12,14-16,19,21,24-26,29-30H,6-9,11,13,17-18,20,22-23H2,1-5H3,(H,43,50)(H,45,51)(H,47,53)/t25-,26-,29+,30+,41-/m1/s1. The van der Waals surface area contributed by atoms with Crippen molar-refractivity contribution < 1.29 is 41.8 Å². The number of nitrogens with one attached hydrogen (secondary N) is 3. The second-order valence-electron chi connectivity index (χ2n) is 16.4. The van der Waals surface area contributed by atoms with Crippen LogP contribution in [0.1, 0.15) is 96.0 Å². The van der Waals surface area contributed by atoms with E-state index in [4.69, 9.17) is 25.8 Å². The van der Waals surface area contributed by atoms with E-state index < -0.39 is 68.0 Å². The molecule has 2 aromatic heterocycles. The molecule has 0 spiro atoms.